The van der Waals surface area contributed by atoms with Crippen molar-refractivity contribution in [2.45, 2.75) is 4.90 Å². The van der Waals surface area contributed by atoms with Gasteiger partial charge in [-0.1, -0.05) is 24.3 Å². The van der Waals surface area contributed by atoms with Gasteiger partial charge in [-0.3, -0.25) is 9.10 Å². The van der Waals surface area contributed by atoms with E-state index in [2.05, 4.69) is 5.32 Å². The number of amides is 1. The standard InChI is InChI=1S/C21H17N3O3S/c1-24(19-7-3-2-4-8-19)28(26,27)20-9-5-6-17(14-20)21(25)23-18-12-10-16(15-22)11-13-18/h2-14H,1H3,(H,23,25). The van der Waals surface area contributed by atoms with E-state index in [1.54, 1.807) is 60.7 Å². The van der Waals surface area contributed by atoms with Crippen LogP contribution in [0.3, 0.4) is 0 Å². The topological polar surface area (TPSA) is 90.3 Å². The number of hydrogen-bond acceptors (Lipinski definition) is 4. The van der Waals surface area contributed by atoms with Crippen LogP contribution in [-0.4, -0.2) is 21.4 Å². The summed E-state index contributed by atoms with van der Waals surface area (Å²) in [5.74, 6) is -0.441. The Kier molecular flexibility index (Phi) is 5.43. The number of nitrogens with zero attached hydrogens (tertiary/aromatic N) is 2. The van der Waals surface area contributed by atoms with E-state index >= 15 is 0 Å². The molecule has 0 spiro atoms. The second kappa shape index (κ2) is 7.94. The molecule has 0 heterocycles. The number of para-hydroxylation sites is 1. The molecular weight excluding hydrogens is 374 g/mol. The number of carbonyl (C=O) groups is 1. The summed E-state index contributed by atoms with van der Waals surface area (Å²) in [6.45, 7) is 0. The molecule has 3 aromatic carbocycles. The molecule has 0 radical (unpaired) electrons. The first-order chi connectivity index (χ1) is 13.4. The van der Waals surface area contributed by atoms with E-state index in [9.17, 15) is 13.2 Å². The van der Waals surface area contributed by atoms with Crippen LogP contribution < -0.4 is 9.62 Å². The Labute approximate surface area is 163 Å². The van der Waals surface area contributed by atoms with Crippen LogP contribution in [-0.2, 0) is 10.0 Å². The first-order valence-electron chi connectivity index (χ1n) is 8.37. The van der Waals surface area contributed by atoms with Crippen molar-refractivity contribution >= 4 is 27.3 Å². The van der Waals surface area contributed by atoms with Crippen molar-refractivity contribution in [3.05, 3.63) is 90.0 Å². The van der Waals surface area contributed by atoms with E-state index < -0.39 is 15.9 Å². The largest absolute Gasteiger partial charge is 0.322 e. The van der Waals surface area contributed by atoms with Gasteiger partial charge in [0, 0.05) is 18.3 Å². The molecule has 0 saturated carbocycles. The molecule has 0 unspecified atom stereocenters. The lowest BCUT2D eigenvalue weighted by Gasteiger charge is -2.19. The highest BCUT2D eigenvalue weighted by Crippen LogP contribution is 2.22. The molecule has 0 aromatic heterocycles. The molecule has 1 N–H and O–H groups in total. The van der Waals surface area contributed by atoms with Gasteiger partial charge >= 0.3 is 0 Å². The maximum absolute atomic E-state index is 12.9. The summed E-state index contributed by atoms with van der Waals surface area (Å²) in [5, 5.41) is 11.5. The number of benzene rings is 3. The summed E-state index contributed by atoms with van der Waals surface area (Å²) in [7, 11) is -2.35. The summed E-state index contributed by atoms with van der Waals surface area (Å²) in [6.07, 6.45) is 0. The average molecular weight is 391 g/mol. The molecule has 0 bridgehead atoms. The van der Waals surface area contributed by atoms with E-state index in [1.165, 1.54) is 29.6 Å². The van der Waals surface area contributed by atoms with Gasteiger partial charge in [-0.15, -0.1) is 0 Å². The summed E-state index contributed by atoms with van der Waals surface area (Å²) in [4.78, 5) is 12.5. The zero-order valence-corrected chi connectivity index (χ0v) is 15.8. The van der Waals surface area contributed by atoms with E-state index in [-0.39, 0.29) is 10.5 Å². The molecule has 0 aliphatic rings. The minimum Gasteiger partial charge on any atom is -0.322 e. The van der Waals surface area contributed by atoms with Crippen molar-refractivity contribution in [2.24, 2.45) is 0 Å². The van der Waals surface area contributed by atoms with Crippen molar-refractivity contribution in [3.8, 4) is 6.07 Å². The summed E-state index contributed by atoms with van der Waals surface area (Å²) in [5.41, 5.74) is 1.73. The van der Waals surface area contributed by atoms with Crippen molar-refractivity contribution < 1.29 is 13.2 Å². The third-order valence-corrected chi connectivity index (χ3v) is 5.93. The summed E-state index contributed by atoms with van der Waals surface area (Å²) >= 11 is 0. The predicted octanol–water partition coefficient (Wildman–Crippen LogP) is 3.64. The molecule has 7 heteroatoms. The van der Waals surface area contributed by atoms with Gasteiger partial charge < -0.3 is 5.32 Å². The zero-order chi connectivity index (χ0) is 20.1. The number of carbonyl (C=O) groups excluding carboxylic acids is 1. The fraction of sp³-hybridized carbons (Fsp3) is 0.0476. The van der Waals surface area contributed by atoms with Gasteiger partial charge in [0.25, 0.3) is 15.9 Å². The first kappa shape index (κ1) is 19.1. The van der Waals surface area contributed by atoms with Crippen LogP contribution in [0.1, 0.15) is 15.9 Å². The highest BCUT2D eigenvalue weighted by Gasteiger charge is 2.22. The molecular formula is C21H17N3O3S. The van der Waals surface area contributed by atoms with Crippen molar-refractivity contribution in [2.75, 3.05) is 16.7 Å². The highest BCUT2D eigenvalue weighted by molar-refractivity contribution is 7.92. The van der Waals surface area contributed by atoms with E-state index in [4.69, 9.17) is 5.26 Å². The lowest BCUT2D eigenvalue weighted by Crippen LogP contribution is -2.26. The second-order valence-electron chi connectivity index (χ2n) is 5.98. The normalized spacial score (nSPS) is 10.7. The third-order valence-electron chi connectivity index (χ3n) is 4.15. The molecule has 6 nitrogen and oxygen atoms in total. The van der Waals surface area contributed by atoms with Crippen LogP contribution in [0.5, 0.6) is 0 Å². The van der Waals surface area contributed by atoms with Crippen LogP contribution in [0.2, 0.25) is 0 Å². The fourth-order valence-corrected chi connectivity index (χ4v) is 3.81. The maximum Gasteiger partial charge on any atom is 0.264 e. The van der Waals surface area contributed by atoms with Crippen molar-refractivity contribution in [1.29, 1.82) is 5.26 Å². The van der Waals surface area contributed by atoms with Crippen molar-refractivity contribution in [3.63, 3.8) is 0 Å². The Morgan fingerprint density at radius 1 is 0.964 bits per heavy atom. The van der Waals surface area contributed by atoms with Gasteiger partial charge in [0.2, 0.25) is 0 Å². The van der Waals surface area contributed by atoms with Gasteiger partial charge in [-0.25, -0.2) is 8.42 Å². The number of hydrogen-bond donors (Lipinski definition) is 1. The van der Waals surface area contributed by atoms with Gasteiger partial charge in [-0.05, 0) is 54.6 Å². The number of anilines is 2. The number of nitrogens with one attached hydrogen (secondary N) is 1. The Balaban J connectivity index is 1.84. The van der Waals surface area contributed by atoms with Gasteiger partial charge in [0.15, 0.2) is 0 Å². The molecule has 0 atom stereocenters. The minimum absolute atomic E-state index is 0.0198. The quantitative estimate of drug-likeness (QED) is 0.719. The van der Waals surface area contributed by atoms with Gasteiger partial charge in [0.1, 0.15) is 0 Å². The van der Waals surface area contributed by atoms with Crippen LogP contribution in [0.25, 0.3) is 0 Å². The number of sulfonamides is 1. The Morgan fingerprint density at radius 3 is 2.29 bits per heavy atom. The average Bonchev–Trinajstić information content (AvgIpc) is 2.74. The van der Waals surface area contributed by atoms with Crippen LogP contribution >= 0.6 is 0 Å². The van der Waals surface area contributed by atoms with Gasteiger partial charge in [0.05, 0.1) is 22.2 Å². The van der Waals surface area contributed by atoms with Crippen LogP contribution in [0, 0.1) is 11.3 Å². The maximum atomic E-state index is 12.9. The molecule has 3 rings (SSSR count). The van der Waals surface area contributed by atoms with Crippen LogP contribution in [0.4, 0.5) is 11.4 Å². The Hall–Kier alpha value is -3.63. The smallest absolute Gasteiger partial charge is 0.264 e. The monoisotopic (exact) mass is 391 g/mol. The lowest BCUT2D eigenvalue weighted by atomic mass is 10.2. The van der Waals surface area contributed by atoms with E-state index in [0.717, 1.165) is 0 Å². The molecule has 0 aliphatic heterocycles. The zero-order valence-electron chi connectivity index (χ0n) is 15.0. The molecule has 140 valence electrons. The highest BCUT2D eigenvalue weighted by atomic mass is 32.2. The van der Waals surface area contributed by atoms with Crippen molar-refractivity contribution in [1.82, 2.24) is 0 Å². The third kappa shape index (κ3) is 4.03. The van der Waals surface area contributed by atoms with Gasteiger partial charge in [-0.2, -0.15) is 5.26 Å². The SMILES string of the molecule is CN(c1ccccc1)S(=O)(=O)c1cccc(C(=O)Nc2ccc(C#N)cc2)c1. The lowest BCUT2D eigenvalue weighted by molar-refractivity contribution is 0.102. The van der Waals surface area contributed by atoms with Crippen LogP contribution in [0.15, 0.2) is 83.8 Å². The predicted molar refractivity (Wildman–Crippen MR) is 108 cm³/mol. The molecule has 1 amide bonds. The molecule has 3 aromatic rings. The first-order valence-corrected chi connectivity index (χ1v) is 9.81. The number of rotatable bonds is 5. The molecule has 0 saturated heterocycles. The summed E-state index contributed by atoms with van der Waals surface area (Å²) < 4.78 is 27.0. The number of nitriles is 1. The Morgan fingerprint density at radius 2 is 1.64 bits per heavy atom. The van der Waals surface area contributed by atoms with E-state index in [1.807, 2.05) is 6.07 Å². The fourth-order valence-electron chi connectivity index (χ4n) is 2.56. The van der Waals surface area contributed by atoms with E-state index in [0.29, 0.717) is 16.9 Å². The second-order valence-corrected chi connectivity index (χ2v) is 7.95. The molecule has 28 heavy (non-hydrogen) atoms. The summed E-state index contributed by atoms with van der Waals surface area (Å²) in [6, 6.07) is 23.0. The molecule has 0 aliphatic carbocycles. The minimum atomic E-state index is -3.81. The molecule has 0 fully saturated rings. The Bertz CT molecular complexity index is 1140.